The van der Waals surface area contributed by atoms with Gasteiger partial charge in [0, 0.05) is 17.5 Å². The zero-order valence-corrected chi connectivity index (χ0v) is 11.0. The zero-order valence-electron chi connectivity index (χ0n) is 10.1. The van der Waals surface area contributed by atoms with E-state index >= 15 is 0 Å². The van der Waals surface area contributed by atoms with E-state index < -0.39 is 0 Å². The SMILES string of the molecule is NCC#Cc1cc(F)ccc1CSc1ccncn1. The van der Waals surface area contributed by atoms with Crippen LogP contribution in [0.25, 0.3) is 0 Å². The summed E-state index contributed by atoms with van der Waals surface area (Å²) in [7, 11) is 0. The Bertz CT molecular complexity index is 605. The van der Waals surface area contributed by atoms with E-state index in [2.05, 4.69) is 21.8 Å². The lowest BCUT2D eigenvalue weighted by atomic mass is 10.1. The maximum atomic E-state index is 13.2. The monoisotopic (exact) mass is 273 g/mol. The molecule has 0 radical (unpaired) electrons. The van der Waals surface area contributed by atoms with Gasteiger partial charge in [-0.2, -0.15) is 0 Å². The molecule has 2 N–H and O–H groups in total. The minimum atomic E-state index is -0.294. The second-order valence-electron chi connectivity index (χ2n) is 3.64. The lowest BCUT2D eigenvalue weighted by molar-refractivity contribution is 0.627. The van der Waals surface area contributed by atoms with Gasteiger partial charge in [0.15, 0.2) is 0 Å². The number of hydrogen-bond donors (Lipinski definition) is 1. The van der Waals surface area contributed by atoms with Gasteiger partial charge in [0.05, 0.1) is 11.6 Å². The molecule has 0 saturated heterocycles. The van der Waals surface area contributed by atoms with Crippen LogP contribution in [0.5, 0.6) is 0 Å². The minimum absolute atomic E-state index is 0.259. The molecule has 0 fully saturated rings. The molecule has 96 valence electrons. The molecule has 0 spiro atoms. The molecule has 3 nitrogen and oxygen atoms in total. The Morgan fingerprint density at radius 1 is 1.32 bits per heavy atom. The van der Waals surface area contributed by atoms with Gasteiger partial charge in [0.25, 0.3) is 0 Å². The minimum Gasteiger partial charge on any atom is -0.320 e. The van der Waals surface area contributed by atoms with Crippen molar-refractivity contribution in [3.8, 4) is 11.8 Å². The fourth-order valence-electron chi connectivity index (χ4n) is 1.45. The number of benzene rings is 1. The fraction of sp³-hybridized carbons (Fsp3) is 0.143. The zero-order chi connectivity index (χ0) is 13.5. The molecule has 5 heteroatoms. The summed E-state index contributed by atoms with van der Waals surface area (Å²) in [5, 5.41) is 0.872. The normalized spacial score (nSPS) is 9.79. The molecule has 0 aliphatic carbocycles. The summed E-state index contributed by atoms with van der Waals surface area (Å²) in [5.74, 6) is 6.01. The first-order valence-electron chi connectivity index (χ1n) is 5.66. The molecule has 2 rings (SSSR count). The highest BCUT2D eigenvalue weighted by Gasteiger charge is 2.04. The van der Waals surface area contributed by atoms with E-state index in [1.807, 2.05) is 6.07 Å². The van der Waals surface area contributed by atoms with Gasteiger partial charge in [-0.25, -0.2) is 14.4 Å². The van der Waals surface area contributed by atoms with E-state index in [1.54, 1.807) is 24.0 Å². The van der Waals surface area contributed by atoms with Crippen LogP contribution in [0, 0.1) is 17.7 Å². The summed E-state index contributed by atoms with van der Waals surface area (Å²) in [6.45, 7) is 0.259. The van der Waals surface area contributed by atoms with Gasteiger partial charge in [0.2, 0.25) is 0 Å². The smallest absolute Gasteiger partial charge is 0.124 e. The average molecular weight is 273 g/mol. The lowest BCUT2D eigenvalue weighted by Crippen LogP contribution is -1.95. The van der Waals surface area contributed by atoms with Gasteiger partial charge in [-0.05, 0) is 23.8 Å². The topological polar surface area (TPSA) is 51.8 Å². The van der Waals surface area contributed by atoms with Gasteiger partial charge in [-0.1, -0.05) is 17.9 Å². The highest BCUT2D eigenvalue weighted by Crippen LogP contribution is 2.22. The van der Waals surface area contributed by atoms with Gasteiger partial charge >= 0.3 is 0 Å². The number of halogens is 1. The van der Waals surface area contributed by atoms with Crippen LogP contribution < -0.4 is 5.73 Å². The standard InChI is InChI=1S/C14H12FN3S/c15-13-4-3-12(11(8-13)2-1-6-16)9-19-14-5-7-17-10-18-14/h3-5,7-8,10H,6,9,16H2. The Morgan fingerprint density at radius 2 is 2.21 bits per heavy atom. The van der Waals surface area contributed by atoms with Crippen LogP contribution in [0.15, 0.2) is 41.8 Å². The van der Waals surface area contributed by atoms with Crippen LogP contribution in [-0.4, -0.2) is 16.5 Å². The predicted octanol–water partition coefficient (Wildman–Crippen LogP) is 2.22. The van der Waals surface area contributed by atoms with Crippen molar-refractivity contribution < 1.29 is 4.39 Å². The van der Waals surface area contributed by atoms with Crippen molar-refractivity contribution in [1.82, 2.24) is 9.97 Å². The van der Waals surface area contributed by atoms with Crippen LogP contribution in [-0.2, 0) is 5.75 Å². The number of nitrogens with zero attached hydrogens (tertiary/aromatic N) is 2. The first kappa shape index (κ1) is 13.5. The van der Waals surface area contributed by atoms with Crippen molar-refractivity contribution in [2.45, 2.75) is 10.8 Å². The average Bonchev–Trinajstić information content (AvgIpc) is 2.45. The molecule has 1 aromatic heterocycles. The van der Waals surface area contributed by atoms with Crippen molar-refractivity contribution in [3.05, 3.63) is 53.7 Å². The molecule has 0 bridgehead atoms. The van der Waals surface area contributed by atoms with Crippen LogP contribution in [0.2, 0.25) is 0 Å². The molecule has 0 unspecified atom stereocenters. The highest BCUT2D eigenvalue weighted by atomic mass is 32.2. The van der Waals surface area contributed by atoms with E-state index in [9.17, 15) is 4.39 Å². The highest BCUT2D eigenvalue weighted by molar-refractivity contribution is 7.98. The molecule has 0 amide bonds. The Labute approximate surface area is 115 Å². The van der Waals surface area contributed by atoms with Gasteiger partial charge < -0.3 is 5.73 Å². The summed E-state index contributed by atoms with van der Waals surface area (Å²) < 4.78 is 13.2. The van der Waals surface area contributed by atoms with Crippen molar-refractivity contribution in [1.29, 1.82) is 0 Å². The number of hydrogen-bond acceptors (Lipinski definition) is 4. The Hall–Kier alpha value is -1.90. The third-order valence-corrected chi connectivity index (χ3v) is 3.32. The molecule has 19 heavy (non-hydrogen) atoms. The molecular weight excluding hydrogens is 261 g/mol. The summed E-state index contributed by atoms with van der Waals surface area (Å²) in [4.78, 5) is 7.98. The summed E-state index contributed by atoms with van der Waals surface area (Å²) in [5.41, 5.74) is 6.98. The maximum Gasteiger partial charge on any atom is 0.124 e. The third-order valence-electron chi connectivity index (χ3n) is 2.33. The van der Waals surface area contributed by atoms with E-state index in [1.165, 1.54) is 18.5 Å². The van der Waals surface area contributed by atoms with Crippen molar-refractivity contribution >= 4 is 11.8 Å². The molecule has 1 heterocycles. The molecule has 2 aromatic rings. The second-order valence-corrected chi connectivity index (χ2v) is 4.64. The van der Waals surface area contributed by atoms with E-state index in [-0.39, 0.29) is 12.4 Å². The van der Waals surface area contributed by atoms with E-state index in [0.29, 0.717) is 11.3 Å². The molecular formula is C14H12FN3S. The number of thioether (sulfide) groups is 1. The largest absolute Gasteiger partial charge is 0.320 e. The van der Waals surface area contributed by atoms with Gasteiger partial charge in [-0.3, -0.25) is 0 Å². The Kier molecular flexibility index (Phi) is 4.90. The summed E-state index contributed by atoms with van der Waals surface area (Å²) >= 11 is 1.55. The second kappa shape index (κ2) is 6.88. The molecule has 1 aromatic carbocycles. The van der Waals surface area contributed by atoms with Crippen LogP contribution in [0.1, 0.15) is 11.1 Å². The number of aromatic nitrogens is 2. The third kappa shape index (κ3) is 4.05. The van der Waals surface area contributed by atoms with Crippen LogP contribution >= 0.6 is 11.8 Å². The van der Waals surface area contributed by atoms with Gasteiger partial charge in [-0.15, -0.1) is 11.8 Å². The van der Waals surface area contributed by atoms with Crippen LogP contribution in [0.3, 0.4) is 0 Å². The Morgan fingerprint density at radius 3 is 2.95 bits per heavy atom. The van der Waals surface area contributed by atoms with Crippen molar-refractivity contribution in [3.63, 3.8) is 0 Å². The molecule has 0 aliphatic heterocycles. The molecule has 0 atom stereocenters. The first-order chi connectivity index (χ1) is 9.29. The Balaban J connectivity index is 2.15. The number of nitrogens with two attached hydrogens (primary N) is 1. The van der Waals surface area contributed by atoms with E-state index in [0.717, 1.165) is 10.6 Å². The first-order valence-corrected chi connectivity index (χ1v) is 6.64. The number of rotatable bonds is 3. The van der Waals surface area contributed by atoms with Crippen LogP contribution in [0.4, 0.5) is 4.39 Å². The van der Waals surface area contributed by atoms with E-state index in [4.69, 9.17) is 5.73 Å². The van der Waals surface area contributed by atoms with Crippen molar-refractivity contribution in [2.75, 3.05) is 6.54 Å². The van der Waals surface area contributed by atoms with Crippen molar-refractivity contribution in [2.24, 2.45) is 5.73 Å². The molecule has 0 saturated carbocycles. The predicted molar refractivity (Wildman–Crippen MR) is 73.9 cm³/mol. The molecule has 0 aliphatic rings. The van der Waals surface area contributed by atoms with Gasteiger partial charge in [0.1, 0.15) is 12.1 Å². The lowest BCUT2D eigenvalue weighted by Gasteiger charge is -2.04. The fourth-order valence-corrected chi connectivity index (χ4v) is 2.29. The maximum absolute atomic E-state index is 13.2. The summed E-state index contributed by atoms with van der Waals surface area (Å²) in [6.07, 6.45) is 3.19. The quantitative estimate of drug-likeness (QED) is 0.529. The summed E-state index contributed by atoms with van der Waals surface area (Å²) in [6, 6.07) is 6.44.